The molecule has 10 heteroatoms. The van der Waals surface area contributed by atoms with Gasteiger partial charge in [0.05, 0.1) is 22.2 Å². The number of hydrogen-bond donors (Lipinski definition) is 1. The molecule has 0 unspecified atom stereocenters. The summed E-state index contributed by atoms with van der Waals surface area (Å²) >= 11 is 0. The Hall–Kier alpha value is -4.05. The van der Waals surface area contributed by atoms with Crippen molar-refractivity contribution in [3.8, 4) is 0 Å². The van der Waals surface area contributed by atoms with E-state index >= 15 is 0 Å². The maximum Gasteiger partial charge on any atom is 0.295 e. The lowest BCUT2D eigenvalue weighted by molar-refractivity contribution is -0.384. The number of carbonyl (C=O) groups excluding carboxylic acids is 2. The number of pyridine rings is 1. The summed E-state index contributed by atoms with van der Waals surface area (Å²) in [5, 5.41) is 22.8. The predicted octanol–water partition coefficient (Wildman–Crippen LogP) is 2.92. The zero-order valence-corrected chi connectivity index (χ0v) is 19.1. The summed E-state index contributed by atoms with van der Waals surface area (Å²) in [5.41, 5.74) is 1.48. The third kappa shape index (κ3) is 4.03. The molecular weight excluding hydrogens is 438 g/mol. The number of Topliss-reactive ketones (excluding diaryl/α,β-unsaturated/α-hetero) is 1. The maximum atomic E-state index is 13.2. The average molecular weight is 463 g/mol. The van der Waals surface area contributed by atoms with Crippen LogP contribution in [-0.2, 0) is 9.59 Å². The van der Waals surface area contributed by atoms with Gasteiger partial charge in [0.1, 0.15) is 11.3 Å². The number of likely N-dealkylation sites (tertiary alicyclic amines) is 1. The number of aliphatic hydroxyl groups is 1. The van der Waals surface area contributed by atoms with E-state index in [-0.39, 0.29) is 23.6 Å². The summed E-state index contributed by atoms with van der Waals surface area (Å²) in [6.45, 7) is 2.63. The fourth-order valence-corrected chi connectivity index (χ4v) is 4.35. The number of aryl methyl sites for hydroxylation is 1. The number of non-ortho nitro benzene ring substituents is 1. The minimum absolute atomic E-state index is 0.107. The lowest BCUT2D eigenvalue weighted by Gasteiger charge is -2.25. The van der Waals surface area contributed by atoms with Crippen molar-refractivity contribution >= 4 is 28.8 Å². The molecule has 1 amide bonds. The van der Waals surface area contributed by atoms with E-state index in [0.717, 1.165) is 0 Å². The normalized spacial score (nSPS) is 17.8. The van der Waals surface area contributed by atoms with Crippen LogP contribution in [0.3, 0.4) is 0 Å². The van der Waals surface area contributed by atoms with Gasteiger partial charge in [-0.2, -0.15) is 0 Å². The van der Waals surface area contributed by atoms with Gasteiger partial charge < -0.3 is 14.9 Å². The molecule has 1 aromatic carbocycles. The van der Waals surface area contributed by atoms with Crippen molar-refractivity contribution in [1.82, 2.24) is 19.2 Å². The number of amides is 1. The zero-order chi connectivity index (χ0) is 24.6. The van der Waals surface area contributed by atoms with Gasteiger partial charge in [0.2, 0.25) is 0 Å². The summed E-state index contributed by atoms with van der Waals surface area (Å²) in [7, 11) is 3.80. The van der Waals surface area contributed by atoms with E-state index in [2.05, 4.69) is 4.98 Å². The predicted molar refractivity (Wildman–Crippen MR) is 125 cm³/mol. The molecule has 3 heterocycles. The van der Waals surface area contributed by atoms with Gasteiger partial charge in [-0.1, -0.05) is 18.2 Å². The van der Waals surface area contributed by atoms with Crippen molar-refractivity contribution in [1.29, 1.82) is 0 Å². The second kappa shape index (κ2) is 9.06. The van der Waals surface area contributed by atoms with E-state index in [9.17, 15) is 24.8 Å². The number of nitro groups is 1. The molecule has 1 aliphatic heterocycles. The number of carbonyl (C=O) groups is 2. The molecule has 1 N–H and O–H groups in total. The Morgan fingerprint density at radius 2 is 1.97 bits per heavy atom. The van der Waals surface area contributed by atoms with Crippen LogP contribution >= 0.6 is 0 Å². The van der Waals surface area contributed by atoms with Crippen LogP contribution in [-0.4, -0.2) is 68.1 Å². The Morgan fingerprint density at radius 1 is 1.21 bits per heavy atom. The minimum atomic E-state index is -0.962. The molecule has 2 aromatic heterocycles. The topological polar surface area (TPSA) is 121 Å². The first kappa shape index (κ1) is 23.1. The Kier molecular flexibility index (Phi) is 6.16. The van der Waals surface area contributed by atoms with Crippen molar-refractivity contribution in [2.24, 2.45) is 0 Å². The number of aromatic nitrogens is 2. The third-order valence-electron chi connectivity index (χ3n) is 5.87. The number of nitro benzene ring substituents is 1. The fourth-order valence-electron chi connectivity index (χ4n) is 4.35. The number of aliphatic hydroxyl groups excluding tert-OH is 1. The lowest BCUT2D eigenvalue weighted by Crippen LogP contribution is -2.32. The van der Waals surface area contributed by atoms with Gasteiger partial charge in [-0.15, -0.1) is 0 Å². The smallest absolute Gasteiger partial charge is 0.295 e. The van der Waals surface area contributed by atoms with Gasteiger partial charge in [-0.05, 0) is 51.7 Å². The molecule has 4 rings (SSSR count). The largest absolute Gasteiger partial charge is 0.505 e. The quantitative estimate of drug-likeness (QED) is 0.188. The molecular formula is C24H25N5O5. The highest BCUT2D eigenvalue weighted by Crippen LogP contribution is 2.40. The summed E-state index contributed by atoms with van der Waals surface area (Å²) in [4.78, 5) is 44.9. The van der Waals surface area contributed by atoms with Crippen molar-refractivity contribution in [3.63, 3.8) is 0 Å². The standard InChI is InChI=1S/C24H25N5O5/c1-15-20(27-12-5-4-10-18(27)25-15)22(30)19-21(16-8-6-9-17(14-16)29(33)34)28(24(32)23(19)31)13-7-11-26(2)3/h4-6,8-10,12,14,21,30H,7,11,13H2,1-3H3/t21-/m1/s1. The molecule has 1 atom stereocenters. The molecule has 3 aromatic rings. The van der Waals surface area contributed by atoms with Crippen LogP contribution in [0.1, 0.15) is 29.4 Å². The number of nitrogens with zero attached hydrogens (tertiary/aromatic N) is 5. The van der Waals surface area contributed by atoms with Crippen molar-refractivity contribution in [3.05, 3.63) is 81.3 Å². The van der Waals surface area contributed by atoms with E-state index in [0.29, 0.717) is 35.6 Å². The van der Waals surface area contributed by atoms with Crippen LogP contribution in [0.15, 0.2) is 54.2 Å². The first-order chi connectivity index (χ1) is 16.2. The lowest BCUT2D eigenvalue weighted by atomic mass is 9.96. The van der Waals surface area contributed by atoms with Crippen LogP contribution in [0.2, 0.25) is 0 Å². The number of ketones is 1. The molecule has 1 aliphatic rings. The molecule has 1 fully saturated rings. The minimum Gasteiger partial charge on any atom is -0.505 e. The number of benzene rings is 1. The molecule has 10 nitrogen and oxygen atoms in total. The molecule has 34 heavy (non-hydrogen) atoms. The van der Waals surface area contributed by atoms with Gasteiger partial charge in [0, 0.05) is 24.9 Å². The highest BCUT2D eigenvalue weighted by molar-refractivity contribution is 6.46. The van der Waals surface area contributed by atoms with Gasteiger partial charge in [-0.25, -0.2) is 4.98 Å². The molecule has 0 spiro atoms. The summed E-state index contributed by atoms with van der Waals surface area (Å²) in [6, 6.07) is 10.2. The van der Waals surface area contributed by atoms with E-state index in [1.54, 1.807) is 41.8 Å². The summed E-state index contributed by atoms with van der Waals surface area (Å²) < 4.78 is 1.65. The molecule has 0 radical (unpaired) electrons. The monoisotopic (exact) mass is 463 g/mol. The second-order valence-electron chi connectivity index (χ2n) is 8.48. The first-order valence-corrected chi connectivity index (χ1v) is 10.8. The number of imidazole rings is 1. The van der Waals surface area contributed by atoms with Gasteiger partial charge in [0.25, 0.3) is 17.4 Å². The Labute approximate surface area is 195 Å². The maximum absolute atomic E-state index is 13.2. The number of rotatable bonds is 7. The van der Waals surface area contributed by atoms with Crippen molar-refractivity contribution in [2.75, 3.05) is 27.2 Å². The van der Waals surface area contributed by atoms with Crippen LogP contribution in [0, 0.1) is 17.0 Å². The first-order valence-electron chi connectivity index (χ1n) is 10.8. The number of fused-ring (bicyclic) bond motifs is 1. The molecule has 0 saturated carbocycles. The highest BCUT2D eigenvalue weighted by Gasteiger charge is 2.46. The van der Waals surface area contributed by atoms with E-state index < -0.39 is 22.7 Å². The van der Waals surface area contributed by atoms with Crippen LogP contribution in [0.4, 0.5) is 5.69 Å². The van der Waals surface area contributed by atoms with E-state index in [4.69, 9.17) is 0 Å². The highest BCUT2D eigenvalue weighted by atomic mass is 16.6. The van der Waals surface area contributed by atoms with Crippen molar-refractivity contribution < 1.29 is 19.6 Å². The Bertz CT molecular complexity index is 1330. The fraction of sp³-hybridized carbons (Fsp3) is 0.292. The second-order valence-corrected chi connectivity index (χ2v) is 8.48. The Balaban J connectivity index is 1.91. The molecule has 0 bridgehead atoms. The summed E-state index contributed by atoms with van der Waals surface area (Å²) in [5.74, 6) is -1.94. The van der Waals surface area contributed by atoms with Crippen LogP contribution in [0.5, 0.6) is 0 Å². The zero-order valence-electron chi connectivity index (χ0n) is 19.1. The third-order valence-corrected chi connectivity index (χ3v) is 5.87. The van der Waals surface area contributed by atoms with E-state index in [1.165, 1.54) is 23.1 Å². The molecule has 0 aliphatic carbocycles. The van der Waals surface area contributed by atoms with Crippen LogP contribution < -0.4 is 0 Å². The molecule has 176 valence electrons. The SMILES string of the molecule is Cc1nc2ccccn2c1C(O)=C1C(=O)C(=O)N(CCCN(C)C)[C@@H]1c1cccc([N+](=O)[O-])c1. The summed E-state index contributed by atoms with van der Waals surface area (Å²) in [6.07, 6.45) is 2.29. The van der Waals surface area contributed by atoms with E-state index in [1.807, 2.05) is 19.0 Å². The van der Waals surface area contributed by atoms with Gasteiger partial charge in [0.15, 0.2) is 5.76 Å². The number of hydrogen-bond acceptors (Lipinski definition) is 7. The average Bonchev–Trinajstić information content (AvgIpc) is 3.26. The Morgan fingerprint density at radius 3 is 2.68 bits per heavy atom. The van der Waals surface area contributed by atoms with Crippen LogP contribution in [0.25, 0.3) is 11.4 Å². The molecule has 1 saturated heterocycles. The van der Waals surface area contributed by atoms with Crippen molar-refractivity contribution in [2.45, 2.75) is 19.4 Å². The van der Waals surface area contributed by atoms with Gasteiger partial charge in [-0.3, -0.25) is 24.1 Å². The van der Waals surface area contributed by atoms with Gasteiger partial charge >= 0.3 is 0 Å².